The molecule has 2 saturated heterocycles. The van der Waals surface area contributed by atoms with Gasteiger partial charge in [-0.05, 0) is 69.8 Å². The molecule has 2 aliphatic heterocycles. The van der Waals surface area contributed by atoms with Crippen molar-refractivity contribution >= 4 is 11.8 Å². The average molecular weight is 454 g/mol. The van der Waals surface area contributed by atoms with Gasteiger partial charge >= 0.3 is 6.03 Å². The van der Waals surface area contributed by atoms with E-state index >= 15 is 0 Å². The molecule has 2 aliphatic rings. The number of aromatic nitrogens is 1. The Bertz CT molecular complexity index is 916. The average Bonchev–Trinajstić information content (AvgIpc) is 2.82. The number of halogens is 1. The van der Waals surface area contributed by atoms with Crippen LogP contribution in [0.25, 0.3) is 0 Å². The molecule has 6 nitrogen and oxygen atoms in total. The molecule has 7 heteroatoms. The lowest BCUT2D eigenvalue weighted by atomic mass is 9.93. The quantitative estimate of drug-likeness (QED) is 0.717. The standard InChI is InChI=1S/C26H36FN5O/c1-20-18-31(25-9-8-24(27)21(2)29-25)16-17-32(20)26(33)28-13-10-22-11-14-30(15-12-22)19-23-6-4-3-5-7-23/h3-9,20,22H,10-19H2,1-2H3,(H,28,33)/t20-/m1/s1. The Morgan fingerprint density at radius 3 is 2.55 bits per heavy atom. The van der Waals surface area contributed by atoms with Crippen LogP contribution in [0.15, 0.2) is 42.5 Å². The second-order valence-electron chi connectivity index (χ2n) is 9.45. The molecular formula is C26H36FN5O. The van der Waals surface area contributed by atoms with E-state index in [-0.39, 0.29) is 17.9 Å². The van der Waals surface area contributed by atoms with Gasteiger partial charge in [0.2, 0.25) is 0 Å². The Morgan fingerprint density at radius 2 is 1.85 bits per heavy atom. The lowest BCUT2D eigenvalue weighted by molar-refractivity contribution is 0.162. The zero-order valence-electron chi connectivity index (χ0n) is 19.8. The monoisotopic (exact) mass is 453 g/mol. The summed E-state index contributed by atoms with van der Waals surface area (Å²) in [5.74, 6) is 1.17. The molecule has 1 aromatic heterocycles. The van der Waals surface area contributed by atoms with Crippen LogP contribution in [0, 0.1) is 18.7 Å². The number of nitrogens with one attached hydrogen (secondary N) is 1. The molecule has 0 radical (unpaired) electrons. The van der Waals surface area contributed by atoms with Gasteiger partial charge < -0.3 is 15.1 Å². The van der Waals surface area contributed by atoms with Gasteiger partial charge in [0.25, 0.3) is 0 Å². The second kappa shape index (κ2) is 11.0. The summed E-state index contributed by atoms with van der Waals surface area (Å²) < 4.78 is 13.5. The minimum absolute atomic E-state index is 0.0203. The van der Waals surface area contributed by atoms with E-state index in [0.29, 0.717) is 31.2 Å². The molecule has 1 N–H and O–H groups in total. The number of aryl methyl sites for hydroxylation is 1. The number of hydrogen-bond acceptors (Lipinski definition) is 4. The van der Waals surface area contributed by atoms with Gasteiger partial charge in [-0.25, -0.2) is 14.2 Å². The number of carbonyl (C=O) groups is 1. The maximum atomic E-state index is 13.5. The van der Waals surface area contributed by atoms with Gasteiger partial charge in [0.15, 0.2) is 0 Å². The predicted octanol–water partition coefficient (Wildman–Crippen LogP) is 4.05. The van der Waals surface area contributed by atoms with Gasteiger partial charge in [0.05, 0.1) is 5.69 Å². The van der Waals surface area contributed by atoms with Gasteiger partial charge in [-0.1, -0.05) is 30.3 Å². The fourth-order valence-electron chi connectivity index (χ4n) is 4.93. The van der Waals surface area contributed by atoms with Crippen molar-refractivity contribution in [3.05, 3.63) is 59.5 Å². The van der Waals surface area contributed by atoms with Crippen molar-refractivity contribution in [3.63, 3.8) is 0 Å². The minimum atomic E-state index is -0.285. The fourth-order valence-corrected chi connectivity index (χ4v) is 4.93. The normalized spacial score (nSPS) is 20.2. The summed E-state index contributed by atoms with van der Waals surface area (Å²) in [6.45, 7) is 9.80. The van der Waals surface area contributed by atoms with Crippen molar-refractivity contribution < 1.29 is 9.18 Å². The largest absolute Gasteiger partial charge is 0.353 e. The number of rotatable bonds is 6. The van der Waals surface area contributed by atoms with E-state index < -0.39 is 0 Å². The van der Waals surface area contributed by atoms with Crippen LogP contribution in [0.4, 0.5) is 15.0 Å². The van der Waals surface area contributed by atoms with Crippen molar-refractivity contribution in [2.24, 2.45) is 5.92 Å². The van der Waals surface area contributed by atoms with Crippen molar-refractivity contribution in [1.29, 1.82) is 0 Å². The molecule has 0 spiro atoms. The summed E-state index contributed by atoms with van der Waals surface area (Å²) in [4.78, 5) is 23.7. The summed E-state index contributed by atoms with van der Waals surface area (Å²) in [6, 6.07) is 13.9. The number of piperidine rings is 1. The van der Waals surface area contributed by atoms with Crippen LogP contribution in [-0.2, 0) is 6.54 Å². The van der Waals surface area contributed by atoms with Gasteiger partial charge in [-0.15, -0.1) is 0 Å². The molecule has 2 amide bonds. The second-order valence-corrected chi connectivity index (χ2v) is 9.45. The zero-order chi connectivity index (χ0) is 23.2. The number of piperazine rings is 1. The van der Waals surface area contributed by atoms with Gasteiger partial charge in [0.1, 0.15) is 11.6 Å². The van der Waals surface area contributed by atoms with Crippen LogP contribution in [0.3, 0.4) is 0 Å². The molecule has 0 bridgehead atoms. The molecule has 2 fully saturated rings. The highest BCUT2D eigenvalue weighted by molar-refractivity contribution is 5.75. The van der Waals surface area contributed by atoms with Crippen LogP contribution in [-0.4, -0.2) is 66.1 Å². The number of urea groups is 1. The Labute approximate surface area is 196 Å². The van der Waals surface area contributed by atoms with E-state index in [2.05, 4.69) is 57.4 Å². The number of hydrogen-bond donors (Lipinski definition) is 1. The third kappa shape index (κ3) is 6.22. The van der Waals surface area contributed by atoms with Crippen molar-refractivity contribution in [1.82, 2.24) is 20.1 Å². The molecule has 1 atom stereocenters. The number of benzene rings is 1. The molecule has 4 rings (SSSR count). The lowest BCUT2D eigenvalue weighted by Crippen LogP contribution is -2.57. The van der Waals surface area contributed by atoms with Crippen LogP contribution >= 0.6 is 0 Å². The van der Waals surface area contributed by atoms with E-state index in [1.54, 1.807) is 13.0 Å². The number of carbonyl (C=O) groups excluding carboxylic acids is 1. The molecule has 0 saturated carbocycles. The highest BCUT2D eigenvalue weighted by Crippen LogP contribution is 2.22. The molecule has 0 aliphatic carbocycles. The Balaban J connectivity index is 1.16. The number of nitrogens with zero attached hydrogens (tertiary/aromatic N) is 4. The van der Waals surface area contributed by atoms with Crippen molar-refractivity contribution in [2.45, 2.75) is 45.7 Å². The van der Waals surface area contributed by atoms with Gasteiger partial charge in [0, 0.05) is 38.8 Å². The fraction of sp³-hybridized carbons (Fsp3) is 0.538. The maximum absolute atomic E-state index is 13.5. The van der Waals surface area contributed by atoms with Crippen molar-refractivity contribution in [2.75, 3.05) is 44.2 Å². The third-order valence-corrected chi connectivity index (χ3v) is 7.00. The third-order valence-electron chi connectivity index (χ3n) is 7.00. The first-order chi connectivity index (χ1) is 16.0. The first kappa shape index (κ1) is 23.5. The first-order valence-corrected chi connectivity index (χ1v) is 12.2. The number of likely N-dealkylation sites (tertiary alicyclic amines) is 1. The Kier molecular flexibility index (Phi) is 7.81. The van der Waals surface area contributed by atoms with E-state index in [0.717, 1.165) is 38.4 Å². The van der Waals surface area contributed by atoms with Crippen LogP contribution in [0.2, 0.25) is 0 Å². The zero-order valence-corrected chi connectivity index (χ0v) is 19.8. The molecular weight excluding hydrogens is 417 g/mol. The molecule has 3 heterocycles. The number of amides is 2. The van der Waals surface area contributed by atoms with E-state index in [4.69, 9.17) is 0 Å². The summed E-state index contributed by atoms with van der Waals surface area (Å²) in [7, 11) is 0. The summed E-state index contributed by atoms with van der Waals surface area (Å²) in [5, 5.41) is 3.14. The van der Waals surface area contributed by atoms with E-state index in [9.17, 15) is 9.18 Å². The van der Waals surface area contributed by atoms with Gasteiger partial charge in [-0.2, -0.15) is 0 Å². The van der Waals surface area contributed by atoms with Crippen molar-refractivity contribution in [3.8, 4) is 0 Å². The summed E-state index contributed by atoms with van der Waals surface area (Å²) in [6.07, 6.45) is 3.43. The van der Waals surface area contributed by atoms with Crippen LogP contribution in [0.5, 0.6) is 0 Å². The minimum Gasteiger partial charge on any atom is -0.353 e. The first-order valence-electron chi connectivity index (χ1n) is 12.2. The highest BCUT2D eigenvalue weighted by Gasteiger charge is 2.28. The summed E-state index contributed by atoms with van der Waals surface area (Å²) >= 11 is 0. The van der Waals surface area contributed by atoms with E-state index in [1.807, 2.05) is 4.90 Å². The molecule has 2 aromatic rings. The van der Waals surface area contributed by atoms with Crippen LogP contribution in [0.1, 0.15) is 37.4 Å². The molecule has 1 aromatic carbocycles. The molecule has 178 valence electrons. The number of anilines is 1. The smallest absolute Gasteiger partial charge is 0.317 e. The predicted molar refractivity (Wildman–Crippen MR) is 130 cm³/mol. The Hall–Kier alpha value is -2.67. The highest BCUT2D eigenvalue weighted by atomic mass is 19.1. The molecule has 33 heavy (non-hydrogen) atoms. The molecule has 0 unspecified atom stereocenters. The Morgan fingerprint density at radius 1 is 1.09 bits per heavy atom. The van der Waals surface area contributed by atoms with Crippen LogP contribution < -0.4 is 10.2 Å². The SMILES string of the molecule is Cc1nc(N2CCN(C(=O)NCCC3CCN(Cc4ccccc4)CC3)[C@H](C)C2)ccc1F. The number of pyridine rings is 1. The maximum Gasteiger partial charge on any atom is 0.317 e. The van der Waals surface area contributed by atoms with Gasteiger partial charge in [-0.3, -0.25) is 4.90 Å². The topological polar surface area (TPSA) is 51.7 Å². The summed E-state index contributed by atoms with van der Waals surface area (Å²) in [5.41, 5.74) is 1.79. The lowest BCUT2D eigenvalue weighted by Gasteiger charge is -2.40. The van der Waals surface area contributed by atoms with E-state index in [1.165, 1.54) is 24.5 Å².